The molecule has 24 heavy (non-hydrogen) atoms. The number of pyridine rings is 1. The Morgan fingerprint density at radius 1 is 1.04 bits per heavy atom. The number of aromatic nitrogens is 3. The number of hydrogen-bond acceptors (Lipinski definition) is 4. The van der Waals surface area contributed by atoms with Gasteiger partial charge in [0.15, 0.2) is 0 Å². The van der Waals surface area contributed by atoms with Crippen molar-refractivity contribution in [3.05, 3.63) is 65.7 Å². The summed E-state index contributed by atoms with van der Waals surface area (Å²) in [6.07, 6.45) is 3.31. The van der Waals surface area contributed by atoms with Gasteiger partial charge in [0.1, 0.15) is 10.4 Å². The zero-order valence-corrected chi connectivity index (χ0v) is 14.2. The molecule has 0 radical (unpaired) electrons. The van der Waals surface area contributed by atoms with Crippen LogP contribution >= 0.6 is 11.6 Å². The van der Waals surface area contributed by atoms with Crippen molar-refractivity contribution < 1.29 is 8.42 Å². The molecule has 0 atom stereocenters. The molecule has 0 aliphatic carbocycles. The Morgan fingerprint density at radius 2 is 1.79 bits per heavy atom. The molecule has 120 valence electrons. The maximum absolute atomic E-state index is 13.2. The van der Waals surface area contributed by atoms with Crippen LogP contribution in [0.15, 0.2) is 64.6 Å². The maximum atomic E-state index is 13.2. The van der Waals surface area contributed by atoms with E-state index in [0.717, 1.165) is 5.56 Å². The van der Waals surface area contributed by atoms with Gasteiger partial charge in [-0.05, 0) is 42.8 Å². The average molecular weight is 358 g/mol. The summed E-state index contributed by atoms with van der Waals surface area (Å²) in [5.74, 6) is 0. The number of halogens is 1. The molecule has 1 aromatic carbocycles. The van der Waals surface area contributed by atoms with Gasteiger partial charge in [0.05, 0.1) is 22.1 Å². The second-order valence-corrected chi connectivity index (χ2v) is 7.70. The van der Waals surface area contributed by atoms with E-state index in [4.69, 9.17) is 11.6 Å². The number of nitrogens with zero attached hydrogens (tertiary/aromatic N) is 3. The van der Waals surface area contributed by atoms with Gasteiger partial charge in [0, 0.05) is 6.20 Å². The Morgan fingerprint density at radius 3 is 2.54 bits per heavy atom. The topological polar surface area (TPSA) is 64.3 Å². The highest BCUT2D eigenvalue weighted by Gasteiger charge is 2.27. The van der Waals surface area contributed by atoms with Crippen molar-refractivity contribution in [3.63, 3.8) is 0 Å². The number of rotatable bonds is 2. The van der Waals surface area contributed by atoms with Crippen molar-refractivity contribution in [1.82, 2.24) is 14.4 Å². The molecule has 7 heteroatoms. The minimum Gasteiger partial charge on any atom is -0.312 e. The van der Waals surface area contributed by atoms with E-state index in [1.165, 1.54) is 6.20 Å². The van der Waals surface area contributed by atoms with Gasteiger partial charge >= 0.3 is 0 Å². The first kappa shape index (κ1) is 15.1. The van der Waals surface area contributed by atoms with Crippen LogP contribution in [0.2, 0.25) is 5.28 Å². The third-order valence-electron chi connectivity index (χ3n) is 3.91. The van der Waals surface area contributed by atoms with Crippen LogP contribution in [0.3, 0.4) is 0 Å². The van der Waals surface area contributed by atoms with E-state index in [-0.39, 0.29) is 15.1 Å². The van der Waals surface area contributed by atoms with E-state index < -0.39 is 9.84 Å². The van der Waals surface area contributed by atoms with Crippen LogP contribution < -0.4 is 0 Å². The molecule has 0 fully saturated rings. The molecule has 3 aromatic heterocycles. The number of sulfone groups is 1. The van der Waals surface area contributed by atoms with Crippen molar-refractivity contribution in [2.45, 2.75) is 16.7 Å². The fourth-order valence-corrected chi connectivity index (χ4v) is 4.47. The Balaban J connectivity index is 2.14. The van der Waals surface area contributed by atoms with E-state index in [0.29, 0.717) is 16.6 Å². The molecule has 0 N–H and O–H groups in total. The van der Waals surface area contributed by atoms with Crippen LogP contribution in [-0.2, 0) is 9.84 Å². The van der Waals surface area contributed by atoms with Gasteiger partial charge in [0.25, 0.3) is 0 Å². The smallest absolute Gasteiger partial charge is 0.223 e. The van der Waals surface area contributed by atoms with Gasteiger partial charge in [-0.3, -0.25) is 0 Å². The largest absolute Gasteiger partial charge is 0.312 e. The molecule has 0 amide bonds. The van der Waals surface area contributed by atoms with E-state index in [9.17, 15) is 8.42 Å². The summed E-state index contributed by atoms with van der Waals surface area (Å²) in [7, 11) is -3.75. The first-order valence-corrected chi connectivity index (χ1v) is 9.07. The number of aryl methyl sites for hydroxylation is 1. The Hall–Kier alpha value is -2.44. The molecule has 0 unspecified atom stereocenters. The summed E-state index contributed by atoms with van der Waals surface area (Å²) in [5.41, 5.74) is 2.46. The molecule has 0 saturated carbocycles. The quantitative estimate of drug-likeness (QED) is 0.513. The van der Waals surface area contributed by atoms with E-state index in [1.54, 1.807) is 47.0 Å². The normalized spacial score (nSPS) is 12.1. The second-order valence-electron chi connectivity index (χ2n) is 5.47. The van der Waals surface area contributed by atoms with Crippen LogP contribution in [0.25, 0.3) is 16.6 Å². The summed E-state index contributed by atoms with van der Waals surface area (Å²) in [4.78, 5) is 8.52. The lowest BCUT2D eigenvalue weighted by molar-refractivity contribution is 0.597. The van der Waals surface area contributed by atoms with Crippen molar-refractivity contribution in [2.75, 3.05) is 0 Å². The molecule has 4 aromatic rings. The van der Waals surface area contributed by atoms with Crippen LogP contribution in [0.4, 0.5) is 0 Å². The summed E-state index contributed by atoms with van der Waals surface area (Å²) in [6.45, 7) is 1.91. The molecular formula is C17H12ClN3O2S. The molecular weight excluding hydrogens is 346 g/mol. The molecule has 4 rings (SSSR count). The predicted molar refractivity (Wildman–Crippen MR) is 92.1 cm³/mol. The highest BCUT2D eigenvalue weighted by molar-refractivity contribution is 7.92. The third kappa shape index (κ3) is 2.18. The Kier molecular flexibility index (Phi) is 3.33. The highest BCUT2D eigenvalue weighted by atomic mass is 35.5. The Labute approximate surface area is 143 Å². The van der Waals surface area contributed by atoms with Gasteiger partial charge in [-0.2, -0.15) is 0 Å². The molecule has 0 spiro atoms. The second kappa shape index (κ2) is 5.29. The standard InChI is InChI=1S/C17H12ClN3O2S/c1-11-5-7-12(8-6-11)24(22,23)16-13-4-2-3-9-21(13)14-10-19-17(18)20-15(14)16/h2-10H,1H3. The van der Waals surface area contributed by atoms with Crippen LogP contribution in [0.5, 0.6) is 0 Å². The molecule has 3 heterocycles. The van der Waals surface area contributed by atoms with E-state index in [1.807, 2.05) is 13.0 Å². The van der Waals surface area contributed by atoms with Gasteiger partial charge in [0.2, 0.25) is 15.1 Å². The Bertz CT molecular complexity index is 1180. The number of fused-ring (bicyclic) bond motifs is 3. The van der Waals surface area contributed by atoms with Gasteiger partial charge in [-0.15, -0.1) is 0 Å². The first-order chi connectivity index (χ1) is 11.5. The highest BCUT2D eigenvalue weighted by Crippen LogP contribution is 2.33. The number of hydrogen-bond donors (Lipinski definition) is 0. The fourth-order valence-electron chi connectivity index (χ4n) is 2.76. The zero-order chi connectivity index (χ0) is 16.9. The molecule has 0 aliphatic rings. The molecule has 5 nitrogen and oxygen atoms in total. The lowest BCUT2D eigenvalue weighted by Crippen LogP contribution is -2.02. The van der Waals surface area contributed by atoms with Crippen LogP contribution in [0, 0.1) is 6.92 Å². The van der Waals surface area contributed by atoms with Gasteiger partial charge in [-0.25, -0.2) is 18.4 Å². The van der Waals surface area contributed by atoms with E-state index in [2.05, 4.69) is 9.97 Å². The van der Waals surface area contributed by atoms with Crippen molar-refractivity contribution >= 4 is 38.0 Å². The lowest BCUT2D eigenvalue weighted by Gasteiger charge is -2.04. The van der Waals surface area contributed by atoms with Crippen molar-refractivity contribution in [3.8, 4) is 0 Å². The molecule has 0 bridgehead atoms. The minimum atomic E-state index is -3.75. The van der Waals surface area contributed by atoms with Crippen LogP contribution in [-0.4, -0.2) is 22.8 Å². The van der Waals surface area contributed by atoms with Crippen molar-refractivity contribution in [2.24, 2.45) is 0 Å². The first-order valence-electron chi connectivity index (χ1n) is 7.21. The average Bonchev–Trinajstić information content (AvgIpc) is 2.89. The monoisotopic (exact) mass is 357 g/mol. The van der Waals surface area contributed by atoms with Gasteiger partial charge in [-0.1, -0.05) is 23.8 Å². The summed E-state index contributed by atoms with van der Waals surface area (Å²) in [6, 6.07) is 12.1. The number of benzene rings is 1. The summed E-state index contributed by atoms with van der Waals surface area (Å²) < 4.78 is 28.2. The van der Waals surface area contributed by atoms with Crippen molar-refractivity contribution in [1.29, 1.82) is 0 Å². The SMILES string of the molecule is Cc1ccc(S(=O)(=O)c2c3nc(Cl)ncc3n3ccccc23)cc1. The molecule has 0 saturated heterocycles. The van der Waals surface area contributed by atoms with E-state index >= 15 is 0 Å². The third-order valence-corrected chi connectivity index (χ3v) is 5.92. The van der Waals surface area contributed by atoms with Crippen LogP contribution in [0.1, 0.15) is 5.56 Å². The molecule has 0 aliphatic heterocycles. The summed E-state index contributed by atoms with van der Waals surface area (Å²) >= 11 is 5.91. The predicted octanol–water partition coefficient (Wildman–Crippen LogP) is 3.68. The zero-order valence-electron chi connectivity index (χ0n) is 12.6. The maximum Gasteiger partial charge on any atom is 0.223 e. The fraction of sp³-hybridized carbons (Fsp3) is 0.0588. The lowest BCUT2D eigenvalue weighted by atomic mass is 10.2. The minimum absolute atomic E-state index is 0.0127. The summed E-state index contributed by atoms with van der Waals surface area (Å²) in [5, 5.41) is 0.0127. The van der Waals surface area contributed by atoms with Gasteiger partial charge < -0.3 is 4.40 Å².